The second-order valence-electron chi connectivity index (χ2n) is 4.48. The van der Waals surface area contributed by atoms with Crippen LogP contribution in [0.5, 0.6) is 5.75 Å². The molecule has 3 nitrogen and oxygen atoms in total. The number of methoxy groups -OCH3 is 1. The topological polar surface area (TPSA) is 38.3 Å². The van der Waals surface area contributed by atoms with Gasteiger partial charge in [-0.3, -0.25) is 4.79 Å². The van der Waals surface area contributed by atoms with E-state index in [2.05, 4.69) is 5.32 Å². The van der Waals surface area contributed by atoms with Gasteiger partial charge in [0.05, 0.1) is 7.11 Å². The van der Waals surface area contributed by atoms with Gasteiger partial charge in [0.15, 0.2) is 5.78 Å². The van der Waals surface area contributed by atoms with Gasteiger partial charge in [0.1, 0.15) is 5.75 Å². The molecule has 0 atom stereocenters. The highest BCUT2D eigenvalue weighted by atomic mass is 35.5. The summed E-state index contributed by atoms with van der Waals surface area (Å²) in [6.07, 6.45) is 3.10. The van der Waals surface area contributed by atoms with Crippen molar-refractivity contribution in [2.24, 2.45) is 0 Å². The molecular weight excluding hydrogens is 286 g/mol. The van der Waals surface area contributed by atoms with Crippen LogP contribution >= 0.6 is 11.6 Å². The molecule has 1 N–H and O–H groups in total. The predicted octanol–water partition coefficient (Wildman–Crippen LogP) is 4.47. The Bertz CT molecular complexity index is 663. The van der Waals surface area contributed by atoms with Crippen molar-refractivity contribution in [2.75, 3.05) is 12.4 Å². The minimum atomic E-state index is -0.0789. The van der Waals surface area contributed by atoms with Gasteiger partial charge in [-0.2, -0.15) is 0 Å². The van der Waals surface area contributed by atoms with E-state index in [1.54, 1.807) is 37.6 Å². The van der Waals surface area contributed by atoms with Crippen LogP contribution in [-0.2, 0) is 0 Å². The zero-order valence-electron chi connectivity index (χ0n) is 11.9. The average Bonchev–Trinajstić information content (AvgIpc) is 2.51. The van der Waals surface area contributed by atoms with Crippen LogP contribution in [0.25, 0.3) is 0 Å². The summed E-state index contributed by atoms with van der Waals surface area (Å²) >= 11 is 6.04. The Morgan fingerprint density at radius 2 is 1.90 bits per heavy atom. The van der Waals surface area contributed by atoms with Crippen LogP contribution in [0.3, 0.4) is 0 Å². The smallest absolute Gasteiger partial charge is 0.187 e. The standard InChI is InChI=1S/C17H16ClNO2/c1-12-15(18)4-3-5-16(12)19-11-10-17(20)13-6-8-14(21-2)9-7-13/h3-11,19H,1-2H3/b11-10+. The average molecular weight is 302 g/mol. The first-order valence-electron chi connectivity index (χ1n) is 6.48. The van der Waals surface area contributed by atoms with E-state index in [0.717, 1.165) is 17.0 Å². The van der Waals surface area contributed by atoms with Gasteiger partial charge in [0.2, 0.25) is 0 Å². The molecule has 2 aromatic rings. The second-order valence-corrected chi connectivity index (χ2v) is 4.89. The van der Waals surface area contributed by atoms with Crippen LogP contribution in [0, 0.1) is 6.92 Å². The first-order chi connectivity index (χ1) is 10.1. The summed E-state index contributed by atoms with van der Waals surface area (Å²) in [5.74, 6) is 0.646. The summed E-state index contributed by atoms with van der Waals surface area (Å²) in [7, 11) is 1.59. The van der Waals surface area contributed by atoms with Crippen molar-refractivity contribution in [3.05, 3.63) is 70.9 Å². The Morgan fingerprint density at radius 1 is 1.19 bits per heavy atom. The minimum absolute atomic E-state index is 0.0789. The number of allylic oxidation sites excluding steroid dienone is 1. The van der Waals surface area contributed by atoms with Crippen LogP contribution in [0.1, 0.15) is 15.9 Å². The van der Waals surface area contributed by atoms with Gasteiger partial charge in [-0.25, -0.2) is 0 Å². The summed E-state index contributed by atoms with van der Waals surface area (Å²) in [5.41, 5.74) is 2.43. The zero-order chi connectivity index (χ0) is 15.2. The zero-order valence-corrected chi connectivity index (χ0v) is 12.6. The molecule has 0 fully saturated rings. The van der Waals surface area contributed by atoms with E-state index < -0.39 is 0 Å². The highest BCUT2D eigenvalue weighted by molar-refractivity contribution is 6.31. The molecule has 108 valence electrons. The minimum Gasteiger partial charge on any atom is -0.497 e. The molecule has 0 unspecified atom stereocenters. The molecule has 0 aliphatic carbocycles. The predicted molar refractivity (Wildman–Crippen MR) is 86.3 cm³/mol. The normalized spacial score (nSPS) is 10.6. The van der Waals surface area contributed by atoms with Crippen molar-refractivity contribution in [1.82, 2.24) is 0 Å². The third-order valence-electron chi connectivity index (χ3n) is 3.12. The molecule has 0 bridgehead atoms. The Balaban J connectivity index is 2.03. The van der Waals surface area contributed by atoms with Crippen LogP contribution in [-0.4, -0.2) is 12.9 Å². The fourth-order valence-electron chi connectivity index (χ4n) is 1.82. The lowest BCUT2D eigenvalue weighted by molar-refractivity contribution is 0.104. The van der Waals surface area contributed by atoms with Gasteiger partial charge in [-0.05, 0) is 48.9 Å². The fourth-order valence-corrected chi connectivity index (χ4v) is 2.00. The van der Waals surface area contributed by atoms with E-state index in [1.807, 2.05) is 25.1 Å². The van der Waals surface area contributed by atoms with Gasteiger partial charge < -0.3 is 10.1 Å². The number of ketones is 1. The number of rotatable bonds is 5. The van der Waals surface area contributed by atoms with E-state index >= 15 is 0 Å². The molecular formula is C17H16ClNO2. The van der Waals surface area contributed by atoms with E-state index in [0.29, 0.717) is 10.6 Å². The van der Waals surface area contributed by atoms with Gasteiger partial charge in [-0.15, -0.1) is 0 Å². The molecule has 21 heavy (non-hydrogen) atoms. The van der Waals surface area contributed by atoms with Crippen molar-refractivity contribution in [1.29, 1.82) is 0 Å². The summed E-state index contributed by atoms with van der Waals surface area (Å²) < 4.78 is 5.06. The summed E-state index contributed by atoms with van der Waals surface area (Å²) in [6, 6.07) is 12.6. The molecule has 0 aliphatic heterocycles. The first-order valence-corrected chi connectivity index (χ1v) is 6.86. The van der Waals surface area contributed by atoms with Crippen molar-refractivity contribution in [2.45, 2.75) is 6.92 Å². The molecule has 0 amide bonds. The first kappa shape index (κ1) is 15.1. The SMILES string of the molecule is COc1ccc(C(=O)/C=C/Nc2cccc(Cl)c2C)cc1. The molecule has 0 aromatic heterocycles. The number of hydrogen-bond donors (Lipinski definition) is 1. The van der Waals surface area contributed by atoms with E-state index in [9.17, 15) is 4.79 Å². The van der Waals surface area contributed by atoms with Gasteiger partial charge >= 0.3 is 0 Å². The molecule has 0 aliphatic rings. The molecule has 2 aromatic carbocycles. The Morgan fingerprint density at radius 3 is 2.57 bits per heavy atom. The lowest BCUT2D eigenvalue weighted by Gasteiger charge is -2.06. The Kier molecular flexibility index (Phi) is 5.01. The van der Waals surface area contributed by atoms with Crippen LogP contribution in [0.4, 0.5) is 5.69 Å². The van der Waals surface area contributed by atoms with Gasteiger partial charge in [0, 0.05) is 28.5 Å². The maximum Gasteiger partial charge on any atom is 0.187 e. The molecule has 0 spiro atoms. The number of anilines is 1. The van der Waals surface area contributed by atoms with Crippen molar-refractivity contribution in [3.63, 3.8) is 0 Å². The highest BCUT2D eigenvalue weighted by Crippen LogP contribution is 2.22. The molecule has 0 radical (unpaired) electrons. The number of carbonyl (C=O) groups excluding carboxylic acids is 1. The molecule has 2 rings (SSSR count). The van der Waals surface area contributed by atoms with Crippen molar-refractivity contribution >= 4 is 23.1 Å². The van der Waals surface area contributed by atoms with Gasteiger partial charge in [-0.1, -0.05) is 17.7 Å². The number of carbonyl (C=O) groups is 1. The van der Waals surface area contributed by atoms with Crippen molar-refractivity contribution < 1.29 is 9.53 Å². The Labute approximate surface area is 129 Å². The second kappa shape index (κ2) is 6.95. The number of benzene rings is 2. The molecule has 4 heteroatoms. The Hall–Kier alpha value is -2.26. The van der Waals surface area contributed by atoms with Crippen molar-refractivity contribution in [3.8, 4) is 5.75 Å². The van der Waals surface area contributed by atoms with Gasteiger partial charge in [0.25, 0.3) is 0 Å². The monoisotopic (exact) mass is 301 g/mol. The number of hydrogen-bond acceptors (Lipinski definition) is 3. The quantitative estimate of drug-likeness (QED) is 0.654. The maximum absolute atomic E-state index is 12.0. The summed E-state index contributed by atoms with van der Waals surface area (Å²) in [6.45, 7) is 1.92. The fraction of sp³-hybridized carbons (Fsp3) is 0.118. The van der Waals surface area contributed by atoms with Crippen LogP contribution < -0.4 is 10.1 Å². The lowest BCUT2D eigenvalue weighted by atomic mass is 10.1. The lowest BCUT2D eigenvalue weighted by Crippen LogP contribution is -1.97. The molecule has 0 saturated heterocycles. The molecule has 0 heterocycles. The largest absolute Gasteiger partial charge is 0.497 e. The van der Waals surface area contributed by atoms with E-state index in [1.165, 1.54) is 6.08 Å². The van der Waals surface area contributed by atoms with E-state index in [-0.39, 0.29) is 5.78 Å². The summed E-state index contributed by atoms with van der Waals surface area (Å²) in [5, 5.41) is 3.76. The third-order valence-corrected chi connectivity index (χ3v) is 3.53. The highest BCUT2D eigenvalue weighted by Gasteiger charge is 2.02. The third kappa shape index (κ3) is 3.86. The number of nitrogens with one attached hydrogen (secondary N) is 1. The maximum atomic E-state index is 12.0. The molecule has 0 saturated carbocycles. The van der Waals surface area contributed by atoms with Crippen LogP contribution in [0.15, 0.2) is 54.7 Å². The van der Waals surface area contributed by atoms with E-state index in [4.69, 9.17) is 16.3 Å². The van der Waals surface area contributed by atoms with Crippen LogP contribution in [0.2, 0.25) is 5.02 Å². The number of halogens is 1. The number of ether oxygens (including phenoxy) is 1. The summed E-state index contributed by atoms with van der Waals surface area (Å²) in [4.78, 5) is 12.0.